The van der Waals surface area contributed by atoms with E-state index in [1.165, 1.54) is 7.05 Å². The Morgan fingerprint density at radius 3 is 2.80 bits per heavy atom. The fourth-order valence-electron chi connectivity index (χ4n) is 2.11. The van der Waals surface area contributed by atoms with E-state index in [1.54, 1.807) is 12.1 Å². The van der Waals surface area contributed by atoms with E-state index < -0.39 is 6.04 Å². The van der Waals surface area contributed by atoms with Gasteiger partial charge in [0.25, 0.3) is 11.8 Å². The third-order valence-electron chi connectivity index (χ3n) is 3.39. The van der Waals surface area contributed by atoms with E-state index in [0.717, 1.165) is 10.5 Å². The summed E-state index contributed by atoms with van der Waals surface area (Å²) in [6.07, 6.45) is 0.610. The molecule has 2 rings (SSSR count). The SMILES string of the molecule is Cc1cccc(C(=O)NC2CCC(=O)N(C)C2=O)c1Br. The molecule has 6 heteroatoms. The highest BCUT2D eigenvalue weighted by molar-refractivity contribution is 9.10. The number of carbonyl (C=O) groups excluding carboxylic acids is 3. The summed E-state index contributed by atoms with van der Waals surface area (Å²) in [5.41, 5.74) is 1.43. The minimum absolute atomic E-state index is 0.211. The molecule has 0 bridgehead atoms. The highest BCUT2D eigenvalue weighted by Gasteiger charge is 2.33. The van der Waals surface area contributed by atoms with E-state index in [4.69, 9.17) is 0 Å². The van der Waals surface area contributed by atoms with Gasteiger partial charge in [-0.1, -0.05) is 12.1 Å². The van der Waals surface area contributed by atoms with Gasteiger partial charge in [-0.05, 0) is 40.9 Å². The third kappa shape index (κ3) is 2.75. The molecular weight excluding hydrogens is 324 g/mol. The zero-order valence-electron chi connectivity index (χ0n) is 11.3. The molecule has 0 aromatic heterocycles. The molecule has 106 valence electrons. The van der Waals surface area contributed by atoms with Crippen LogP contribution in [0.2, 0.25) is 0 Å². The molecule has 1 N–H and O–H groups in total. The van der Waals surface area contributed by atoms with Crippen LogP contribution in [-0.2, 0) is 9.59 Å². The quantitative estimate of drug-likeness (QED) is 0.833. The highest BCUT2D eigenvalue weighted by atomic mass is 79.9. The maximum atomic E-state index is 12.2. The number of imide groups is 1. The number of nitrogens with one attached hydrogen (secondary N) is 1. The lowest BCUT2D eigenvalue weighted by Gasteiger charge is -2.28. The van der Waals surface area contributed by atoms with Crippen LogP contribution in [-0.4, -0.2) is 35.7 Å². The summed E-state index contributed by atoms with van der Waals surface area (Å²) >= 11 is 3.37. The van der Waals surface area contributed by atoms with Gasteiger partial charge in [-0.25, -0.2) is 0 Å². The molecule has 20 heavy (non-hydrogen) atoms. The van der Waals surface area contributed by atoms with Crippen LogP contribution in [0.25, 0.3) is 0 Å². The molecule has 0 saturated carbocycles. The summed E-state index contributed by atoms with van der Waals surface area (Å²) in [6.45, 7) is 1.89. The summed E-state index contributed by atoms with van der Waals surface area (Å²) in [6, 6.07) is 4.72. The number of rotatable bonds is 2. The average molecular weight is 339 g/mol. The molecule has 1 heterocycles. The topological polar surface area (TPSA) is 66.5 Å². The van der Waals surface area contributed by atoms with Crippen LogP contribution < -0.4 is 5.32 Å². The first kappa shape index (κ1) is 14.7. The monoisotopic (exact) mass is 338 g/mol. The zero-order valence-corrected chi connectivity index (χ0v) is 12.9. The Labute approximate surface area is 125 Å². The van der Waals surface area contributed by atoms with Crippen molar-refractivity contribution >= 4 is 33.7 Å². The van der Waals surface area contributed by atoms with Crippen LogP contribution in [0.5, 0.6) is 0 Å². The first-order valence-corrected chi connectivity index (χ1v) is 7.07. The number of nitrogens with zero attached hydrogens (tertiary/aromatic N) is 1. The van der Waals surface area contributed by atoms with Crippen LogP contribution in [0.1, 0.15) is 28.8 Å². The van der Waals surface area contributed by atoms with Gasteiger partial charge in [0.1, 0.15) is 6.04 Å². The van der Waals surface area contributed by atoms with Gasteiger partial charge < -0.3 is 5.32 Å². The predicted octanol–water partition coefficient (Wildman–Crippen LogP) is 1.63. The molecule has 1 aliphatic rings. The fraction of sp³-hybridized carbons (Fsp3) is 0.357. The molecule has 1 saturated heterocycles. The van der Waals surface area contributed by atoms with E-state index in [1.807, 2.05) is 13.0 Å². The highest BCUT2D eigenvalue weighted by Crippen LogP contribution is 2.21. The summed E-state index contributed by atoms with van der Waals surface area (Å²) in [5, 5.41) is 2.69. The largest absolute Gasteiger partial charge is 0.340 e. The summed E-state index contributed by atoms with van der Waals surface area (Å²) in [7, 11) is 1.44. The Morgan fingerprint density at radius 1 is 1.40 bits per heavy atom. The lowest BCUT2D eigenvalue weighted by Crippen LogP contribution is -2.52. The Bertz CT molecular complexity index is 586. The van der Waals surface area contributed by atoms with Crippen LogP contribution in [0.4, 0.5) is 0 Å². The molecule has 5 nitrogen and oxygen atoms in total. The van der Waals surface area contributed by atoms with Crippen molar-refractivity contribution in [3.05, 3.63) is 33.8 Å². The van der Waals surface area contributed by atoms with Crippen molar-refractivity contribution in [3.63, 3.8) is 0 Å². The van der Waals surface area contributed by atoms with Crippen molar-refractivity contribution in [3.8, 4) is 0 Å². The number of hydrogen-bond donors (Lipinski definition) is 1. The van der Waals surface area contributed by atoms with Crippen LogP contribution in [0.15, 0.2) is 22.7 Å². The first-order chi connectivity index (χ1) is 9.41. The second-order valence-electron chi connectivity index (χ2n) is 4.79. The van der Waals surface area contributed by atoms with Gasteiger partial charge in [-0.3, -0.25) is 19.3 Å². The molecule has 1 atom stereocenters. The second kappa shape index (κ2) is 5.75. The number of amides is 3. The Hall–Kier alpha value is -1.69. The number of hydrogen-bond acceptors (Lipinski definition) is 3. The van der Waals surface area contributed by atoms with Gasteiger partial charge in [-0.15, -0.1) is 0 Å². The molecule has 1 aromatic rings. The smallest absolute Gasteiger partial charge is 0.253 e. The van der Waals surface area contributed by atoms with E-state index in [9.17, 15) is 14.4 Å². The van der Waals surface area contributed by atoms with Crippen molar-refractivity contribution in [1.29, 1.82) is 0 Å². The number of likely N-dealkylation sites (N-methyl/N-ethyl adjacent to an activating group) is 1. The van der Waals surface area contributed by atoms with Crippen LogP contribution in [0, 0.1) is 6.92 Å². The Balaban J connectivity index is 2.14. The lowest BCUT2D eigenvalue weighted by molar-refractivity contribution is -0.147. The number of piperidine rings is 1. The summed E-state index contributed by atoms with van der Waals surface area (Å²) < 4.78 is 0.713. The number of aryl methyl sites for hydroxylation is 1. The van der Waals surface area contributed by atoms with E-state index in [0.29, 0.717) is 16.5 Å². The fourth-order valence-corrected chi connectivity index (χ4v) is 2.55. The summed E-state index contributed by atoms with van der Waals surface area (Å²) in [4.78, 5) is 36.6. The van der Waals surface area contributed by atoms with Gasteiger partial charge in [0, 0.05) is 17.9 Å². The average Bonchev–Trinajstić information content (AvgIpc) is 2.42. The molecule has 0 aliphatic carbocycles. The van der Waals surface area contributed by atoms with Gasteiger partial charge in [0.2, 0.25) is 5.91 Å². The Morgan fingerprint density at radius 2 is 2.10 bits per heavy atom. The van der Waals surface area contributed by atoms with Crippen molar-refractivity contribution in [1.82, 2.24) is 10.2 Å². The number of benzene rings is 1. The van der Waals surface area contributed by atoms with Gasteiger partial charge in [0.05, 0.1) is 5.56 Å². The van der Waals surface area contributed by atoms with E-state index in [-0.39, 0.29) is 24.1 Å². The lowest BCUT2D eigenvalue weighted by atomic mass is 10.0. The minimum atomic E-state index is -0.641. The minimum Gasteiger partial charge on any atom is -0.340 e. The van der Waals surface area contributed by atoms with Crippen LogP contribution >= 0.6 is 15.9 Å². The number of halogens is 1. The molecule has 1 aliphatic heterocycles. The van der Waals surface area contributed by atoms with Crippen LogP contribution in [0.3, 0.4) is 0 Å². The van der Waals surface area contributed by atoms with Crippen molar-refractivity contribution in [2.75, 3.05) is 7.05 Å². The Kier molecular flexibility index (Phi) is 4.23. The molecule has 0 radical (unpaired) electrons. The summed E-state index contributed by atoms with van der Waals surface area (Å²) in [5.74, 6) is -0.891. The van der Waals surface area contributed by atoms with Crippen molar-refractivity contribution in [2.45, 2.75) is 25.8 Å². The molecular formula is C14H15BrN2O3. The molecule has 1 fully saturated rings. The van der Waals surface area contributed by atoms with Gasteiger partial charge in [0.15, 0.2) is 0 Å². The standard InChI is InChI=1S/C14H15BrN2O3/c1-8-4-3-5-9(12(8)15)13(19)16-10-6-7-11(18)17(2)14(10)20/h3-5,10H,6-7H2,1-2H3,(H,16,19). The molecule has 3 amide bonds. The second-order valence-corrected chi connectivity index (χ2v) is 5.59. The number of carbonyl (C=O) groups is 3. The van der Waals surface area contributed by atoms with Gasteiger partial charge in [-0.2, -0.15) is 0 Å². The third-order valence-corrected chi connectivity index (χ3v) is 4.44. The van der Waals surface area contributed by atoms with E-state index >= 15 is 0 Å². The van der Waals surface area contributed by atoms with E-state index in [2.05, 4.69) is 21.2 Å². The molecule has 0 spiro atoms. The number of likely N-dealkylation sites (tertiary alicyclic amines) is 1. The zero-order chi connectivity index (χ0) is 14.9. The van der Waals surface area contributed by atoms with Gasteiger partial charge >= 0.3 is 0 Å². The maximum absolute atomic E-state index is 12.2. The van der Waals surface area contributed by atoms with Crippen molar-refractivity contribution < 1.29 is 14.4 Å². The maximum Gasteiger partial charge on any atom is 0.253 e. The normalized spacial score (nSPS) is 19.1. The molecule has 1 unspecified atom stereocenters. The molecule has 1 aromatic carbocycles. The first-order valence-electron chi connectivity index (χ1n) is 6.28. The van der Waals surface area contributed by atoms with Crippen molar-refractivity contribution in [2.24, 2.45) is 0 Å². The predicted molar refractivity (Wildman–Crippen MR) is 77.1 cm³/mol.